The van der Waals surface area contributed by atoms with Gasteiger partial charge in [-0.05, 0) is 24.0 Å². The van der Waals surface area contributed by atoms with Crippen molar-refractivity contribution in [2.75, 3.05) is 13.2 Å². The average Bonchev–Trinajstić information content (AvgIpc) is 4.12. The summed E-state index contributed by atoms with van der Waals surface area (Å²) in [5, 5.41) is 0. The standard InChI is InChI=1S/C50H82O3/c1-3-5-7-9-11-13-15-17-19-21-23-25-27-35-41-49(47-43-51-47,45-37-31-29-32-38-45)53-50(48-44-52-48,46-39-33-30-34-40-46)42-36-28-26-24-22-20-18-16-14-12-10-8-6-4-2/h29-34,37-40,47-48H,3-28,35-36,41-44H2,1-2H3. The van der Waals surface area contributed by atoms with Crippen molar-refractivity contribution in [1.29, 1.82) is 0 Å². The Labute approximate surface area is 328 Å². The molecule has 2 saturated heterocycles. The van der Waals surface area contributed by atoms with Crippen LogP contribution in [-0.4, -0.2) is 25.4 Å². The summed E-state index contributed by atoms with van der Waals surface area (Å²) in [6.07, 6.45) is 40.7. The molecule has 0 aliphatic carbocycles. The lowest BCUT2D eigenvalue weighted by Gasteiger charge is -2.44. The average molecular weight is 731 g/mol. The molecule has 2 heterocycles. The van der Waals surface area contributed by atoms with Gasteiger partial charge >= 0.3 is 0 Å². The van der Waals surface area contributed by atoms with Gasteiger partial charge in [0.1, 0.15) is 23.4 Å². The lowest BCUT2D eigenvalue weighted by Crippen LogP contribution is -2.48. The molecule has 0 saturated carbocycles. The predicted octanol–water partition coefficient (Wildman–Crippen LogP) is 15.3. The molecule has 0 radical (unpaired) electrons. The SMILES string of the molecule is CCCCCCCCCCCCCCCCC(OC(CCCCCCCCCCCCCCCC)(c1ccccc1)C1CO1)(c1ccccc1)C1CO1. The van der Waals surface area contributed by atoms with Gasteiger partial charge in [0.05, 0.1) is 13.2 Å². The van der Waals surface area contributed by atoms with Gasteiger partial charge in [-0.1, -0.05) is 254 Å². The molecule has 2 aliphatic heterocycles. The molecule has 2 fully saturated rings. The molecule has 2 aromatic carbocycles. The number of epoxide rings is 2. The lowest BCUT2D eigenvalue weighted by atomic mass is 9.80. The summed E-state index contributed by atoms with van der Waals surface area (Å²) in [7, 11) is 0. The number of hydrogen-bond acceptors (Lipinski definition) is 3. The highest BCUT2D eigenvalue weighted by molar-refractivity contribution is 5.31. The van der Waals surface area contributed by atoms with E-state index in [0.29, 0.717) is 0 Å². The number of ether oxygens (including phenoxy) is 3. The molecule has 4 unspecified atom stereocenters. The van der Waals surface area contributed by atoms with Crippen LogP contribution in [0.5, 0.6) is 0 Å². The first-order valence-electron chi connectivity index (χ1n) is 23.3. The van der Waals surface area contributed by atoms with Gasteiger partial charge < -0.3 is 14.2 Å². The molecule has 0 aromatic heterocycles. The molecule has 3 heteroatoms. The van der Waals surface area contributed by atoms with Gasteiger partial charge in [0, 0.05) is 0 Å². The maximum atomic E-state index is 7.82. The second kappa shape index (κ2) is 27.0. The third-order valence-electron chi connectivity index (χ3n) is 12.4. The molecule has 53 heavy (non-hydrogen) atoms. The van der Waals surface area contributed by atoms with Crippen molar-refractivity contribution in [3.63, 3.8) is 0 Å². The highest BCUT2D eigenvalue weighted by atomic mass is 16.6. The highest BCUT2D eigenvalue weighted by Gasteiger charge is 2.58. The second-order valence-corrected chi connectivity index (χ2v) is 16.9. The van der Waals surface area contributed by atoms with Crippen LogP contribution in [0, 0.1) is 0 Å². The van der Waals surface area contributed by atoms with Gasteiger partial charge in [-0.3, -0.25) is 0 Å². The minimum Gasteiger partial charge on any atom is -0.370 e. The van der Waals surface area contributed by atoms with Crippen LogP contribution in [0.15, 0.2) is 60.7 Å². The van der Waals surface area contributed by atoms with Crippen LogP contribution < -0.4 is 0 Å². The van der Waals surface area contributed by atoms with Gasteiger partial charge in [0.2, 0.25) is 0 Å². The first-order valence-corrected chi connectivity index (χ1v) is 23.3. The maximum Gasteiger partial charge on any atom is 0.123 e. The van der Waals surface area contributed by atoms with E-state index in [0.717, 1.165) is 26.1 Å². The summed E-state index contributed by atoms with van der Waals surface area (Å²) in [5.41, 5.74) is 1.63. The number of hydrogen-bond donors (Lipinski definition) is 0. The van der Waals surface area contributed by atoms with E-state index in [1.807, 2.05) is 0 Å². The first kappa shape index (κ1) is 44.0. The number of unbranched alkanes of at least 4 members (excludes halogenated alkanes) is 26. The Bertz CT molecular complexity index is 1040. The van der Waals surface area contributed by atoms with Crippen molar-refractivity contribution in [3.05, 3.63) is 71.8 Å². The third kappa shape index (κ3) is 16.5. The quantitative estimate of drug-likeness (QED) is 0.0517. The Kier molecular flexibility index (Phi) is 22.4. The van der Waals surface area contributed by atoms with Crippen molar-refractivity contribution in [2.45, 2.75) is 230 Å². The molecule has 0 bridgehead atoms. The molecule has 2 aliphatic rings. The van der Waals surface area contributed by atoms with Crippen LogP contribution >= 0.6 is 0 Å². The Morgan fingerprint density at radius 3 is 0.887 bits per heavy atom. The zero-order chi connectivity index (χ0) is 37.1. The number of rotatable bonds is 36. The Hall–Kier alpha value is -1.68. The fourth-order valence-corrected chi connectivity index (χ4v) is 8.90. The minimum atomic E-state index is -0.462. The maximum absolute atomic E-state index is 7.82. The second-order valence-electron chi connectivity index (χ2n) is 16.9. The van der Waals surface area contributed by atoms with Crippen LogP contribution in [0.1, 0.15) is 218 Å². The molecule has 0 N–H and O–H groups in total. The summed E-state index contributed by atoms with van der Waals surface area (Å²) >= 11 is 0. The Morgan fingerprint density at radius 2 is 0.642 bits per heavy atom. The molecule has 3 nitrogen and oxygen atoms in total. The van der Waals surface area contributed by atoms with Gasteiger partial charge in [-0.2, -0.15) is 0 Å². The van der Waals surface area contributed by atoms with Crippen LogP contribution in [0.25, 0.3) is 0 Å². The van der Waals surface area contributed by atoms with Gasteiger partial charge in [0.15, 0.2) is 0 Å². The summed E-state index contributed by atoms with van der Waals surface area (Å²) in [5.74, 6) is 0. The van der Waals surface area contributed by atoms with Gasteiger partial charge in [-0.15, -0.1) is 0 Å². The molecular weight excluding hydrogens is 649 g/mol. The van der Waals surface area contributed by atoms with E-state index in [2.05, 4.69) is 74.5 Å². The molecule has 4 rings (SSSR count). The fraction of sp³-hybridized carbons (Fsp3) is 0.760. The lowest BCUT2D eigenvalue weighted by molar-refractivity contribution is -0.197. The summed E-state index contributed by atoms with van der Waals surface area (Å²) in [6.45, 7) is 6.17. The zero-order valence-electron chi connectivity index (χ0n) is 34.8. The summed E-state index contributed by atoms with van der Waals surface area (Å²) in [4.78, 5) is 0. The molecule has 4 atom stereocenters. The molecular formula is C50H82O3. The molecule has 0 spiro atoms. The fourth-order valence-electron chi connectivity index (χ4n) is 8.90. The van der Waals surface area contributed by atoms with Gasteiger partial charge in [-0.25, -0.2) is 0 Å². The predicted molar refractivity (Wildman–Crippen MR) is 227 cm³/mol. The van der Waals surface area contributed by atoms with E-state index in [9.17, 15) is 0 Å². The van der Waals surface area contributed by atoms with E-state index in [1.165, 1.54) is 191 Å². The summed E-state index contributed by atoms with van der Waals surface area (Å²) in [6, 6.07) is 22.2. The van der Waals surface area contributed by atoms with Crippen LogP contribution in [-0.2, 0) is 25.4 Å². The number of benzene rings is 2. The topological polar surface area (TPSA) is 34.3 Å². The normalized spacial score (nSPS) is 18.8. The Balaban J connectivity index is 1.28. The third-order valence-corrected chi connectivity index (χ3v) is 12.4. The molecule has 2 aromatic rings. The zero-order valence-corrected chi connectivity index (χ0v) is 34.8. The smallest absolute Gasteiger partial charge is 0.123 e. The van der Waals surface area contributed by atoms with E-state index < -0.39 is 11.2 Å². The van der Waals surface area contributed by atoms with Crippen LogP contribution in [0.3, 0.4) is 0 Å². The van der Waals surface area contributed by atoms with E-state index in [-0.39, 0.29) is 12.2 Å². The monoisotopic (exact) mass is 731 g/mol. The largest absolute Gasteiger partial charge is 0.370 e. The molecule has 300 valence electrons. The van der Waals surface area contributed by atoms with Crippen molar-refractivity contribution in [2.24, 2.45) is 0 Å². The van der Waals surface area contributed by atoms with Crippen molar-refractivity contribution in [3.8, 4) is 0 Å². The first-order chi connectivity index (χ1) is 26.2. The van der Waals surface area contributed by atoms with Crippen molar-refractivity contribution >= 4 is 0 Å². The van der Waals surface area contributed by atoms with Crippen LogP contribution in [0.4, 0.5) is 0 Å². The van der Waals surface area contributed by atoms with E-state index >= 15 is 0 Å². The van der Waals surface area contributed by atoms with E-state index in [4.69, 9.17) is 14.2 Å². The van der Waals surface area contributed by atoms with E-state index in [1.54, 1.807) is 0 Å². The Morgan fingerprint density at radius 1 is 0.396 bits per heavy atom. The highest BCUT2D eigenvalue weighted by Crippen LogP contribution is 2.52. The van der Waals surface area contributed by atoms with Gasteiger partial charge in [0.25, 0.3) is 0 Å². The van der Waals surface area contributed by atoms with Crippen molar-refractivity contribution < 1.29 is 14.2 Å². The minimum absolute atomic E-state index is 0.102. The molecule has 0 amide bonds. The van der Waals surface area contributed by atoms with Crippen molar-refractivity contribution in [1.82, 2.24) is 0 Å². The summed E-state index contributed by atoms with van der Waals surface area (Å²) < 4.78 is 20.3. The van der Waals surface area contributed by atoms with Crippen LogP contribution in [0.2, 0.25) is 0 Å².